The van der Waals surface area contributed by atoms with Crippen LogP contribution in [0.5, 0.6) is 11.5 Å². The van der Waals surface area contributed by atoms with Gasteiger partial charge in [0.25, 0.3) is 0 Å². The summed E-state index contributed by atoms with van der Waals surface area (Å²) in [6, 6.07) is 4.93. The largest absolute Gasteiger partial charge is 0.486 e. The molecule has 0 aliphatic carbocycles. The molecule has 0 saturated carbocycles. The lowest BCUT2D eigenvalue weighted by Crippen LogP contribution is -2.51. The summed E-state index contributed by atoms with van der Waals surface area (Å²) in [6.45, 7) is 2.09. The molecule has 1 aromatic carbocycles. The molecule has 0 aromatic heterocycles. The standard InChI is InChI=1S/C13H15N3O4/c17-12-8-16(4-3-14-12)13(18)15-9-1-2-10-11(7-9)20-6-5-19-10/h1-2,7H,3-6,8H2,(H,14,17)(H,15,18). The Labute approximate surface area is 115 Å². The second kappa shape index (κ2) is 5.28. The molecule has 106 valence electrons. The van der Waals surface area contributed by atoms with Gasteiger partial charge in [0.15, 0.2) is 11.5 Å². The average Bonchev–Trinajstić information content (AvgIpc) is 2.47. The maximum absolute atomic E-state index is 12.0. The van der Waals surface area contributed by atoms with Gasteiger partial charge in [-0.05, 0) is 12.1 Å². The highest BCUT2D eigenvalue weighted by Gasteiger charge is 2.21. The van der Waals surface area contributed by atoms with Crippen molar-refractivity contribution in [1.82, 2.24) is 10.2 Å². The molecule has 2 aliphatic rings. The van der Waals surface area contributed by atoms with E-state index >= 15 is 0 Å². The third-order valence-electron chi connectivity index (χ3n) is 3.12. The van der Waals surface area contributed by atoms with E-state index < -0.39 is 0 Å². The van der Waals surface area contributed by atoms with Crippen molar-refractivity contribution in [1.29, 1.82) is 0 Å². The average molecular weight is 277 g/mol. The quantitative estimate of drug-likeness (QED) is 0.779. The number of nitrogens with one attached hydrogen (secondary N) is 2. The number of hydrogen-bond donors (Lipinski definition) is 2. The Balaban J connectivity index is 1.68. The van der Waals surface area contributed by atoms with Crippen LogP contribution in [-0.4, -0.2) is 49.7 Å². The molecule has 0 atom stereocenters. The van der Waals surface area contributed by atoms with Gasteiger partial charge in [-0.2, -0.15) is 0 Å². The first-order valence-corrected chi connectivity index (χ1v) is 6.45. The Bertz CT molecular complexity index is 546. The van der Waals surface area contributed by atoms with E-state index in [4.69, 9.17) is 9.47 Å². The van der Waals surface area contributed by atoms with Crippen LogP contribution in [0.25, 0.3) is 0 Å². The summed E-state index contributed by atoms with van der Waals surface area (Å²) in [5.74, 6) is 1.14. The molecule has 3 amide bonds. The zero-order valence-electron chi connectivity index (χ0n) is 10.8. The van der Waals surface area contributed by atoms with E-state index in [1.807, 2.05) is 0 Å². The van der Waals surface area contributed by atoms with E-state index in [1.165, 1.54) is 4.90 Å². The SMILES string of the molecule is O=C1CN(C(=O)Nc2ccc3c(c2)OCCO3)CCN1. The van der Waals surface area contributed by atoms with Crippen molar-refractivity contribution in [3.8, 4) is 11.5 Å². The van der Waals surface area contributed by atoms with Gasteiger partial charge in [0.1, 0.15) is 19.8 Å². The summed E-state index contributed by atoms with van der Waals surface area (Å²) >= 11 is 0. The molecular weight excluding hydrogens is 262 g/mol. The molecule has 7 nitrogen and oxygen atoms in total. The van der Waals surface area contributed by atoms with Crippen LogP contribution in [0.3, 0.4) is 0 Å². The molecule has 0 spiro atoms. The Morgan fingerprint density at radius 2 is 2.05 bits per heavy atom. The van der Waals surface area contributed by atoms with Crippen molar-refractivity contribution < 1.29 is 19.1 Å². The van der Waals surface area contributed by atoms with Crippen molar-refractivity contribution in [3.63, 3.8) is 0 Å². The van der Waals surface area contributed by atoms with E-state index in [2.05, 4.69) is 10.6 Å². The Morgan fingerprint density at radius 3 is 2.85 bits per heavy atom. The molecule has 7 heteroatoms. The van der Waals surface area contributed by atoms with Crippen LogP contribution in [0.4, 0.5) is 10.5 Å². The highest BCUT2D eigenvalue weighted by atomic mass is 16.6. The molecule has 2 aliphatic heterocycles. The van der Waals surface area contributed by atoms with Crippen molar-refractivity contribution in [3.05, 3.63) is 18.2 Å². The van der Waals surface area contributed by atoms with Crippen molar-refractivity contribution in [2.75, 3.05) is 38.2 Å². The number of amides is 3. The van der Waals surface area contributed by atoms with Gasteiger partial charge in [0.05, 0.1) is 0 Å². The third kappa shape index (κ3) is 2.61. The first-order valence-electron chi connectivity index (χ1n) is 6.45. The molecule has 0 bridgehead atoms. The van der Waals surface area contributed by atoms with Crippen molar-refractivity contribution >= 4 is 17.6 Å². The fourth-order valence-electron chi connectivity index (χ4n) is 2.14. The van der Waals surface area contributed by atoms with E-state index in [0.717, 1.165) is 0 Å². The highest BCUT2D eigenvalue weighted by Crippen LogP contribution is 2.32. The van der Waals surface area contributed by atoms with Crippen LogP contribution in [0.1, 0.15) is 0 Å². The third-order valence-corrected chi connectivity index (χ3v) is 3.12. The minimum Gasteiger partial charge on any atom is -0.486 e. The summed E-state index contributed by atoms with van der Waals surface area (Å²) in [6.07, 6.45) is 0. The van der Waals surface area contributed by atoms with Crippen LogP contribution in [0.2, 0.25) is 0 Å². The van der Waals surface area contributed by atoms with E-state index in [-0.39, 0.29) is 18.5 Å². The number of anilines is 1. The number of nitrogens with zero attached hydrogens (tertiary/aromatic N) is 1. The molecule has 2 heterocycles. The molecule has 1 aromatic rings. The van der Waals surface area contributed by atoms with Crippen LogP contribution in [-0.2, 0) is 4.79 Å². The van der Waals surface area contributed by atoms with Gasteiger partial charge in [0, 0.05) is 24.8 Å². The molecule has 0 radical (unpaired) electrons. The number of fused-ring (bicyclic) bond motifs is 1. The smallest absolute Gasteiger partial charge is 0.322 e. The van der Waals surface area contributed by atoms with Gasteiger partial charge in [-0.3, -0.25) is 4.79 Å². The predicted octanol–water partition coefficient (Wildman–Crippen LogP) is 0.422. The molecular formula is C13H15N3O4. The van der Waals surface area contributed by atoms with Crippen LogP contribution < -0.4 is 20.1 Å². The zero-order chi connectivity index (χ0) is 13.9. The number of rotatable bonds is 1. The highest BCUT2D eigenvalue weighted by molar-refractivity contribution is 5.93. The summed E-state index contributed by atoms with van der Waals surface area (Å²) < 4.78 is 10.9. The van der Waals surface area contributed by atoms with Gasteiger partial charge in [-0.25, -0.2) is 4.79 Å². The molecule has 2 N–H and O–H groups in total. The lowest BCUT2D eigenvalue weighted by atomic mass is 10.2. The number of carbonyl (C=O) groups excluding carboxylic acids is 2. The topological polar surface area (TPSA) is 79.9 Å². The fraction of sp³-hybridized carbons (Fsp3) is 0.385. The second-order valence-corrected chi connectivity index (χ2v) is 4.56. The summed E-state index contributed by atoms with van der Waals surface area (Å²) in [4.78, 5) is 24.8. The first kappa shape index (κ1) is 12.6. The maximum Gasteiger partial charge on any atom is 0.322 e. The number of ether oxygens (including phenoxy) is 2. The zero-order valence-corrected chi connectivity index (χ0v) is 10.8. The van der Waals surface area contributed by atoms with Crippen molar-refractivity contribution in [2.24, 2.45) is 0 Å². The van der Waals surface area contributed by atoms with Gasteiger partial charge in [-0.1, -0.05) is 0 Å². The van der Waals surface area contributed by atoms with Gasteiger partial charge >= 0.3 is 6.03 Å². The number of hydrogen-bond acceptors (Lipinski definition) is 4. The maximum atomic E-state index is 12.0. The number of piperazine rings is 1. The van der Waals surface area contributed by atoms with E-state index in [9.17, 15) is 9.59 Å². The number of benzene rings is 1. The van der Waals surface area contributed by atoms with Gasteiger partial charge < -0.3 is 25.0 Å². The fourth-order valence-corrected chi connectivity index (χ4v) is 2.14. The van der Waals surface area contributed by atoms with Crippen LogP contribution in [0, 0.1) is 0 Å². The monoisotopic (exact) mass is 277 g/mol. The first-order chi connectivity index (χ1) is 9.72. The summed E-state index contributed by atoms with van der Waals surface area (Å²) in [5.41, 5.74) is 0.616. The Morgan fingerprint density at radius 1 is 1.25 bits per heavy atom. The van der Waals surface area contributed by atoms with E-state index in [1.54, 1.807) is 18.2 Å². The molecule has 3 rings (SSSR count). The Hall–Kier alpha value is -2.44. The molecule has 20 heavy (non-hydrogen) atoms. The van der Waals surface area contributed by atoms with Crippen LogP contribution in [0.15, 0.2) is 18.2 Å². The second-order valence-electron chi connectivity index (χ2n) is 4.56. The van der Waals surface area contributed by atoms with Gasteiger partial charge in [0.2, 0.25) is 5.91 Å². The van der Waals surface area contributed by atoms with Crippen LogP contribution >= 0.6 is 0 Å². The minimum atomic E-state index is -0.295. The molecule has 1 saturated heterocycles. The normalized spacial score (nSPS) is 17.4. The van der Waals surface area contributed by atoms with E-state index in [0.29, 0.717) is 43.5 Å². The molecule has 0 unspecified atom stereocenters. The molecule has 1 fully saturated rings. The number of urea groups is 1. The minimum absolute atomic E-state index is 0.0797. The van der Waals surface area contributed by atoms with Gasteiger partial charge in [-0.15, -0.1) is 0 Å². The predicted molar refractivity (Wildman–Crippen MR) is 71.0 cm³/mol. The Kier molecular flexibility index (Phi) is 3.32. The van der Waals surface area contributed by atoms with Crippen molar-refractivity contribution in [2.45, 2.75) is 0 Å². The lowest BCUT2D eigenvalue weighted by Gasteiger charge is -2.27. The lowest BCUT2D eigenvalue weighted by molar-refractivity contribution is -0.123. The number of carbonyl (C=O) groups is 2. The summed E-state index contributed by atoms with van der Waals surface area (Å²) in [5, 5.41) is 5.43. The summed E-state index contributed by atoms with van der Waals surface area (Å²) in [7, 11) is 0.